The summed E-state index contributed by atoms with van der Waals surface area (Å²) in [5.74, 6) is -1.95. The van der Waals surface area contributed by atoms with Gasteiger partial charge in [-0.1, -0.05) is 12.1 Å². The molecule has 1 amide bonds. The van der Waals surface area contributed by atoms with Gasteiger partial charge in [-0.2, -0.15) is 0 Å². The third kappa shape index (κ3) is 5.49. The van der Waals surface area contributed by atoms with Crippen LogP contribution in [0.2, 0.25) is 0 Å². The van der Waals surface area contributed by atoms with Gasteiger partial charge in [0.1, 0.15) is 0 Å². The summed E-state index contributed by atoms with van der Waals surface area (Å²) in [5, 5.41) is 8.70. The summed E-state index contributed by atoms with van der Waals surface area (Å²) >= 11 is 0. The van der Waals surface area contributed by atoms with Crippen LogP contribution in [0.4, 0.5) is 0 Å². The minimum absolute atomic E-state index is 0.0507. The Hall–Kier alpha value is -1.93. The molecule has 0 saturated heterocycles. The third-order valence-corrected chi connectivity index (χ3v) is 3.61. The van der Waals surface area contributed by atoms with E-state index in [1.54, 1.807) is 0 Å². The average molecular weight is 286 g/mol. The lowest BCUT2D eigenvalue weighted by molar-refractivity contribution is -0.117. The van der Waals surface area contributed by atoms with Gasteiger partial charge in [0.25, 0.3) is 0 Å². The molecule has 0 fully saturated rings. The van der Waals surface area contributed by atoms with Gasteiger partial charge in [0.05, 0.1) is 11.3 Å². The molecular formula is C11H14N2O5S. The SMILES string of the molecule is NC(=O)CCNS(=O)(=O)Cc1ccc(C(=O)O)cc1. The van der Waals surface area contributed by atoms with Crippen LogP contribution in [0.1, 0.15) is 22.3 Å². The number of aromatic carboxylic acids is 1. The van der Waals surface area contributed by atoms with E-state index in [4.69, 9.17) is 10.8 Å². The van der Waals surface area contributed by atoms with Gasteiger partial charge in [-0.15, -0.1) is 0 Å². The van der Waals surface area contributed by atoms with Crippen molar-refractivity contribution < 1.29 is 23.1 Å². The first-order valence-corrected chi connectivity index (χ1v) is 7.03. The summed E-state index contributed by atoms with van der Waals surface area (Å²) in [6, 6.07) is 5.51. The first kappa shape index (κ1) is 15.1. The molecule has 1 rings (SSSR count). The zero-order valence-corrected chi connectivity index (χ0v) is 10.8. The number of carbonyl (C=O) groups is 2. The number of carboxylic acids is 1. The number of carboxylic acid groups (broad SMARTS) is 1. The van der Waals surface area contributed by atoms with E-state index in [1.807, 2.05) is 0 Å². The first-order valence-electron chi connectivity index (χ1n) is 5.38. The van der Waals surface area contributed by atoms with Crippen molar-refractivity contribution in [3.05, 3.63) is 35.4 Å². The standard InChI is InChI=1S/C11H14N2O5S/c12-10(14)5-6-13-19(17,18)7-8-1-3-9(4-2-8)11(15)16/h1-4,13H,5-7H2,(H2,12,14)(H,15,16). The van der Waals surface area contributed by atoms with Crippen LogP contribution in [-0.2, 0) is 20.6 Å². The number of sulfonamides is 1. The van der Waals surface area contributed by atoms with Crippen molar-refractivity contribution in [3.8, 4) is 0 Å². The van der Waals surface area contributed by atoms with Crippen LogP contribution in [0.25, 0.3) is 0 Å². The molecule has 0 heterocycles. The Kier molecular flexibility index (Phi) is 5.02. The van der Waals surface area contributed by atoms with Crippen LogP contribution in [-0.4, -0.2) is 31.9 Å². The second-order valence-corrected chi connectivity index (χ2v) is 5.68. The number of hydrogen-bond acceptors (Lipinski definition) is 4. The van der Waals surface area contributed by atoms with Gasteiger partial charge in [-0.3, -0.25) is 4.79 Å². The molecule has 0 aromatic heterocycles. The molecule has 0 bridgehead atoms. The number of primary amides is 1. The van der Waals surface area contributed by atoms with Crippen molar-refractivity contribution >= 4 is 21.9 Å². The molecule has 0 unspecified atom stereocenters. The Morgan fingerprint density at radius 2 is 1.79 bits per heavy atom. The number of hydrogen-bond donors (Lipinski definition) is 3. The van der Waals surface area contributed by atoms with Crippen molar-refractivity contribution in [3.63, 3.8) is 0 Å². The third-order valence-electron chi connectivity index (χ3n) is 2.25. The molecule has 0 aliphatic carbocycles. The number of amides is 1. The fourth-order valence-corrected chi connectivity index (χ4v) is 2.49. The normalized spacial score (nSPS) is 11.2. The highest BCUT2D eigenvalue weighted by Gasteiger charge is 2.12. The van der Waals surface area contributed by atoms with Crippen LogP contribution in [0.5, 0.6) is 0 Å². The molecular weight excluding hydrogens is 272 g/mol. The lowest BCUT2D eigenvalue weighted by Crippen LogP contribution is -2.29. The summed E-state index contributed by atoms with van der Waals surface area (Å²) in [4.78, 5) is 21.1. The lowest BCUT2D eigenvalue weighted by atomic mass is 10.1. The molecule has 4 N–H and O–H groups in total. The second kappa shape index (κ2) is 6.30. The van der Waals surface area contributed by atoms with Crippen LogP contribution < -0.4 is 10.5 Å². The average Bonchev–Trinajstić information content (AvgIpc) is 2.28. The number of benzene rings is 1. The first-order chi connectivity index (χ1) is 8.80. The fraction of sp³-hybridized carbons (Fsp3) is 0.273. The summed E-state index contributed by atoms with van der Waals surface area (Å²) < 4.78 is 25.5. The largest absolute Gasteiger partial charge is 0.478 e. The molecule has 8 heteroatoms. The maximum absolute atomic E-state index is 11.6. The second-order valence-electron chi connectivity index (χ2n) is 3.87. The summed E-state index contributed by atoms with van der Waals surface area (Å²) in [5.41, 5.74) is 5.43. The van der Waals surface area contributed by atoms with Gasteiger partial charge >= 0.3 is 5.97 Å². The number of rotatable bonds is 7. The molecule has 0 saturated carbocycles. The molecule has 1 aromatic carbocycles. The molecule has 0 radical (unpaired) electrons. The Balaban J connectivity index is 2.62. The predicted molar refractivity (Wildman–Crippen MR) is 67.8 cm³/mol. The fourth-order valence-electron chi connectivity index (χ4n) is 1.34. The van der Waals surface area contributed by atoms with E-state index in [9.17, 15) is 18.0 Å². The lowest BCUT2D eigenvalue weighted by Gasteiger charge is -2.06. The maximum atomic E-state index is 11.6. The van der Waals surface area contributed by atoms with Gasteiger partial charge in [0.15, 0.2) is 0 Å². The van der Waals surface area contributed by atoms with E-state index >= 15 is 0 Å². The molecule has 19 heavy (non-hydrogen) atoms. The van der Waals surface area contributed by atoms with Crippen LogP contribution >= 0.6 is 0 Å². The van der Waals surface area contributed by atoms with E-state index in [-0.39, 0.29) is 24.3 Å². The van der Waals surface area contributed by atoms with Crippen LogP contribution in [0, 0.1) is 0 Å². The minimum atomic E-state index is -3.57. The van der Waals surface area contributed by atoms with Crippen molar-refractivity contribution in [1.29, 1.82) is 0 Å². The zero-order chi connectivity index (χ0) is 14.5. The molecule has 0 aliphatic heterocycles. The smallest absolute Gasteiger partial charge is 0.335 e. The number of nitrogens with two attached hydrogens (primary N) is 1. The Morgan fingerprint density at radius 3 is 2.26 bits per heavy atom. The quantitative estimate of drug-likeness (QED) is 0.633. The van der Waals surface area contributed by atoms with Gasteiger partial charge in [-0.05, 0) is 17.7 Å². The summed E-state index contributed by atoms with van der Waals surface area (Å²) in [6.07, 6.45) is -0.0722. The predicted octanol–water partition coefficient (Wildman–Crippen LogP) is -0.320. The Morgan fingerprint density at radius 1 is 1.21 bits per heavy atom. The zero-order valence-electron chi connectivity index (χ0n) is 10.00. The van der Waals surface area contributed by atoms with Gasteiger partial charge in [-0.25, -0.2) is 17.9 Å². The van der Waals surface area contributed by atoms with Gasteiger partial charge in [0.2, 0.25) is 15.9 Å². The molecule has 0 spiro atoms. The van der Waals surface area contributed by atoms with Gasteiger partial charge < -0.3 is 10.8 Å². The highest BCUT2D eigenvalue weighted by molar-refractivity contribution is 7.88. The van der Waals surface area contributed by atoms with Crippen molar-refractivity contribution in [2.24, 2.45) is 5.73 Å². The highest BCUT2D eigenvalue weighted by Crippen LogP contribution is 2.07. The Labute approximate surface area is 110 Å². The van der Waals surface area contributed by atoms with Crippen molar-refractivity contribution in [2.75, 3.05) is 6.54 Å². The summed E-state index contributed by atoms with van der Waals surface area (Å²) in [6.45, 7) is -0.0507. The monoisotopic (exact) mass is 286 g/mol. The van der Waals surface area contributed by atoms with Crippen LogP contribution in [0.15, 0.2) is 24.3 Å². The van der Waals surface area contributed by atoms with E-state index in [0.29, 0.717) is 5.56 Å². The Bertz CT molecular complexity index is 565. The molecule has 0 aliphatic rings. The highest BCUT2D eigenvalue weighted by atomic mass is 32.2. The van der Waals surface area contributed by atoms with E-state index in [2.05, 4.69) is 4.72 Å². The topological polar surface area (TPSA) is 127 Å². The maximum Gasteiger partial charge on any atom is 0.335 e. The number of carbonyl (C=O) groups excluding carboxylic acids is 1. The van der Waals surface area contributed by atoms with Crippen molar-refractivity contribution in [2.45, 2.75) is 12.2 Å². The van der Waals surface area contributed by atoms with E-state index in [1.165, 1.54) is 24.3 Å². The molecule has 104 valence electrons. The van der Waals surface area contributed by atoms with Crippen molar-refractivity contribution in [1.82, 2.24) is 4.72 Å². The minimum Gasteiger partial charge on any atom is -0.478 e. The number of nitrogens with one attached hydrogen (secondary N) is 1. The summed E-state index contributed by atoms with van der Waals surface area (Å²) in [7, 11) is -3.57. The van der Waals surface area contributed by atoms with E-state index < -0.39 is 21.9 Å². The van der Waals surface area contributed by atoms with Gasteiger partial charge in [0, 0.05) is 13.0 Å². The molecule has 0 atom stereocenters. The molecule has 1 aromatic rings. The molecule has 7 nitrogen and oxygen atoms in total. The van der Waals surface area contributed by atoms with E-state index in [0.717, 1.165) is 0 Å². The van der Waals surface area contributed by atoms with Crippen LogP contribution in [0.3, 0.4) is 0 Å².